The molecular weight excluding hydrogens is 262 g/mol. The molecule has 1 heterocycles. The first-order valence-electron chi connectivity index (χ1n) is 5.36. The van der Waals surface area contributed by atoms with Gasteiger partial charge in [-0.25, -0.2) is 18.0 Å². The topological polar surface area (TPSA) is 90.0 Å². The molecule has 0 saturated carbocycles. The first-order chi connectivity index (χ1) is 8.45. The molecule has 0 aromatic rings. The summed E-state index contributed by atoms with van der Waals surface area (Å²) in [7, 11) is -1.97. The van der Waals surface area contributed by atoms with E-state index in [1.165, 1.54) is 11.4 Å². The third kappa shape index (κ3) is 4.46. The number of methoxy groups -OCH3 is 1. The second-order valence-corrected chi connectivity index (χ2v) is 5.68. The van der Waals surface area contributed by atoms with Crippen LogP contribution in [0.2, 0.25) is 0 Å². The van der Waals surface area contributed by atoms with Gasteiger partial charge in [0.1, 0.15) is 6.61 Å². The van der Waals surface area contributed by atoms with E-state index >= 15 is 0 Å². The quantitative estimate of drug-likeness (QED) is 0.487. The molecule has 0 unspecified atom stereocenters. The van der Waals surface area contributed by atoms with Crippen molar-refractivity contribution >= 4 is 22.0 Å². The predicted octanol–water partition coefficient (Wildman–Crippen LogP) is -0.706. The maximum Gasteiger partial charge on any atom is 0.331 e. The van der Waals surface area contributed by atoms with Crippen molar-refractivity contribution in [1.29, 1.82) is 0 Å². The van der Waals surface area contributed by atoms with Crippen LogP contribution in [-0.2, 0) is 29.1 Å². The summed E-state index contributed by atoms with van der Waals surface area (Å²) in [5.41, 5.74) is 0. The van der Waals surface area contributed by atoms with Crippen molar-refractivity contribution in [3.8, 4) is 0 Å². The van der Waals surface area contributed by atoms with Crippen LogP contribution in [0.25, 0.3) is 0 Å². The fourth-order valence-corrected chi connectivity index (χ4v) is 2.95. The van der Waals surface area contributed by atoms with Gasteiger partial charge in [0, 0.05) is 25.2 Å². The van der Waals surface area contributed by atoms with Crippen LogP contribution in [0.3, 0.4) is 0 Å². The normalized spacial score (nSPS) is 18.9. The van der Waals surface area contributed by atoms with E-state index in [0.717, 1.165) is 12.2 Å². The van der Waals surface area contributed by atoms with Gasteiger partial charge in [0.15, 0.2) is 0 Å². The fraction of sp³-hybridized carbons (Fsp3) is 0.600. The summed E-state index contributed by atoms with van der Waals surface area (Å²) in [6.07, 6.45) is 2.47. The Kier molecular flexibility index (Phi) is 5.29. The summed E-state index contributed by atoms with van der Waals surface area (Å²) in [6, 6.07) is 0. The van der Waals surface area contributed by atoms with Gasteiger partial charge >= 0.3 is 11.9 Å². The lowest BCUT2D eigenvalue weighted by Gasteiger charge is -2.13. The third-order valence-corrected chi connectivity index (χ3v) is 4.30. The van der Waals surface area contributed by atoms with Gasteiger partial charge < -0.3 is 9.47 Å². The first-order valence-corrected chi connectivity index (χ1v) is 6.97. The molecule has 7 nitrogen and oxygen atoms in total. The summed E-state index contributed by atoms with van der Waals surface area (Å²) in [4.78, 5) is 21.8. The summed E-state index contributed by atoms with van der Waals surface area (Å²) in [5, 5.41) is 0. The SMILES string of the molecule is COC(=O)C=CC(=O)OCCN1CCCS1(=O)=O. The number of nitrogens with zero attached hydrogens (tertiary/aromatic N) is 1. The second-order valence-electron chi connectivity index (χ2n) is 3.59. The molecule has 0 aromatic heterocycles. The summed E-state index contributed by atoms with van der Waals surface area (Å²) < 4.78 is 33.1. The lowest BCUT2D eigenvalue weighted by atomic mass is 10.5. The molecule has 0 radical (unpaired) electrons. The Hall–Kier alpha value is -1.41. The molecule has 0 N–H and O–H groups in total. The Bertz CT molecular complexity index is 441. The van der Waals surface area contributed by atoms with Gasteiger partial charge in [0.2, 0.25) is 10.0 Å². The van der Waals surface area contributed by atoms with Gasteiger partial charge in [0.25, 0.3) is 0 Å². The van der Waals surface area contributed by atoms with Gasteiger partial charge in [-0.2, -0.15) is 4.31 Å². The maximum atomic E-state index is 11.4. The van der Waals surface area contributed by atoms with Gasteiger partial charge in [-0.05, 0) is 6.42 Å². The van der Waals surface area contributed by atoms with E-state index in [9.17, 15) is 18.0 Å². The van der Waals surface area contributed by atoms with Crippen LogP contribution in [0, 0.1) is 0 Å². The van der Waals surface area contributed by atoms with E-state index in [-0.39, 0.29) is 18.9 Å². The van der Waals surface area contributed by atoms with E-state index in [1.807, 2.05) is 0 Å². The second kappa shape index (κ2) is 6.50. The van der Waals surface area contributed by atoms with Crippen molar-refractivity contribution in [1.82, 2.24) is 4.31 Å². The Morgan fingerprint density at radius 3 is 2.50 bits per heavy atom. The lowest BCUT2D eigenvalue weighted by molar-refractivity contribution is -0.139. The molecular formula is C10H15NO6S. The van der Waals surface area contributed by atoms with E-state index in [4.69, 9.17) is 4.74 Å². The number of hydrogen-bond donors (Lipinski definition) is 0. The molecule has 0 amide bonds. The Balaban J connectivity index is 2.28. The number of carbonyl (C=O) groups excluding carboxylic acids is 2. The zero-order valence-corrected chi connectivity index (χ0v) is 10.8. The van der Waals surface area contributed by atoms with Gasteiger partial charge in [0.05, 0.1) is 12.9 Å². The molecule has 1 saturated heterocycles. The Morgan fingerprint density at radius 2 is 1.94 bits per heavy atom. The third-order valence-electron chi connectivity index (χ3n) is 2.34. The monoisotopic (exact) mass is 277 g/mol. The van der Waals surface area contributed by atoms with Crippen LogP contribution < -0.4 is 0 Å². The standard InChI is InChI=1S/C10H15NO6S/c1-16-9(12)3-4-10(13)17-7-6-11-5-2-8-18(11,14)15/h3-4H,2,5-8H2,1H3. The highest BCUT2D eigenvalue weighted by molar-refractivity contribution is 7.89. The molecule has 1 aliphatic heterocycles. The molecule has 102 valence electrons. The molecule has 0 aliphatic carbocycles. The minimum Gasteiger partial charge on any atom is -0.466 e. The molecule has 0 aromatic carbocycles. The van der Waals surface area contributed by atoms with Crippen LogP contribution in [0.1, 0.15) is 6.42 Å². The van der Waals surface area contributed by atoms with Crippen LogP contribution >= 0.6 is 0 Å². The number of carbonyl (C=O) groups is 2. The fourth-order valence-electron chi connectivity index (χ4n) is 1.44. The van der Waals surface area contributed by atoms with Gasteiger partial charge in [-0.3, -0.25) is 0 Å². The molecule has 1 rings (SSSR count). The first kappa shape index (κ1) is 14.7. The van der Waals surface area contributed by atoms with Crippen molar-refractivity contribution in [2.45, 2.75) is 6.42 Å². The van der Waals surface area contributed by atoms with Crippen molar-refractivity contribution < 1.29 is 27.5 Å². The molecule has 1 aliphatic rings. The van der Waals surface area contributed by atoms with Gasteiger partial charge in [-0.15, -0.1) is 0 Å². The lowest BCUT2D eigenvalue weighted by Crippen LogP contribution is -2.29. The maximum absolute atomic E-state index is 11.4. The highest BCUT2D eigenvalue weighted by Gasteiger charge is 2.27. The number of hydrogen-bond acceptors (Lipinski definition) is 6. The molecule has 0 bridgehead atoms. The highest BCUT2D eigenvalue weighted by Crippen LogP contribution is 2.12. The zero-order valence-electron chi connectivity index (χ0n) is 10.00. The van der Waals surface area contributed by atoms with Crippen LogP contribution in [-0.4, -0.2) is 57.2 Å². The number of rotatable bonds is 5. The van der Waals surface area contributed by atoms with E-state index in [0.29, 0.717) is 13.0 Å². The van der Waals surface area contributed by atoms with Crippen LogP contribution in [0.5, 0.6) is 0 Å². The summed E-state index contributed by atoms with van der Waals surface area (Å²) >= 11 is 0. The van der Waals surface area contributed by atoms with Crippen molar-refractivity contribution in [3.05, 3.63) is 12.2 Å². The summed E-state index contributed by atoms with van der Waals surface area (Å²) in [6.45, 7) is 0.557. The molecule has 18 heavy (non-hydrogen) atoms. The molecule has 0 atom stereocenters. The number of ether oxygens (including phenoxy) is 2. The predicted molar refractivity (Wildman–Crippen MR) is 62.1 cm³/mol. The van der Waals surface area contributed by atoms with Crippen LogP contribution in [0.4, 0.5) is 0 Å². The number of sulfonamides is 1. The zero-order chi connectivity index (χ0) is 13.6. The van der Waals surface area contributed by atoms with Crippen LogP contribution in [0.15, 0.2) is 12.2 Å². The molecule has 8 heteroatoms. The Morgan fingerprint density at radius 1 is 1.28 bits per heavy atom. The highest BCUT2D eigenvalue weighted by atomic mass is 32.2. The smallest absolute Gasteiger partial charge is 0.331 e. The van der Waals surface area contributed by atoms with Crippen molar-refractivity contribution in [2.75, 3.05) is 32.6 Å². The Labute approximate surface area is 105 Å². The minimum atomic E-state index is -3.16. The molecule has 0 spiro atoms. The molecule has 1 fully saturated rings. The van der Waals surface area contributed by atoms with Crippen molar-refractivity contribution in [2.24, 2.45) is 0 Å². The minimum absolute atomic E-state index is 0.0381. The van der Waals surface area contributed by atoms with Crippen molar-refractivity contribution in [3.63, 3.8) is 0 Å². The van der Waals surface area contributed by atoms with E-state index in [1.54, 1.807) is 0 Å². The largest absolute Gasteiger partial charge is 0.466 e. The average Bonchev–Trinajstić information content (AvgIpc) is 2.65. The average molecular weight is 277 g/mol. The van der Waals surface area contributed by atoms with E-state index in [2.05, 4.69) is 4.74 Å². The van der Waals surface area contributed by atoms with Gasteiger partial charge in [-0.1, -0.05) is 0 Å². The van der Waals surface area contributed by atoms with E-state index < -0.39 is 22.0 Å². The number of esters is 2. The summed E-state index contributed by atoms with van der Waals surface area (Å²) in [5.74, 6) is -1.23.